The number of nitrogens with zero attached hydrogens (tertiary/aromatic N) is 6. The van der Waals surface area contributed by atoms with Crippen molar-refractivity contribution in [3.05, 3.63) is 83.3 Å². The molecule has 0 saturated carbocycles. The normalized spacial score (nSPS) is 13.2. The van der Waals surface area contributed by atoms with Crippen LogP contribution in [0.1, 0.15) is 43.4 Å². The maximum atomic E-state index is 12.4. The van der Waals surface area contributed by atoms with Crippen LogP contribution in [-0.4, -0.2) is 185 Å². The summed E-state index contributed by atoms with van der Waals surface area (Å²) in [6.45, 7) is 11.5. The highest BCUT2D eigenvalue weighted by atomic mass is 32.2. The molecule has 5 rings (SSSR count). The van der Waals surface area contributed by atoms with Gasteiger partial charge >= 0.3 is 0 Å². The average molecular weight is 1010 g/mol. The van der Waals surface area contributed by atoms with Crippen LogP contribution in [0, 0.1) is 0 Å². The maximum Gasteiger partial charge on any atom is 0.220 e. The monoisotopic (exact) mass is 1010 g/mol. The Labute approximate surface area is 424 Å². The summed E-state index contributed by atoms with van der Waals surface area (Å²) in [7, 11) is 6.77. The van der Waals surface area contributed by atoms with Crippen molar-refractivity contribution < 1.29 is 60.9 Å². The Kier molecular flexibility index (Phi) is 28.6. The van der Waals surface area contributed by atoms with E-state index in [-0.39, 0.29) is 12.5 Å². The zero-order chi connectivity index (χ0) is 50.0. The lowest BCUT2D eigenvalue weighted by atomic mass is 10.1. The van der Waals surface area contributed by atoms with Crippen LogP contribution in [0.3, 0.4) is 0 Å². The second kappa shape index (κ2) is 35.1. The van der Waals surface area contributed by atoms with Gasteiger partial charge in [-0.3, -0.25) is 4.79 Å². The predicted octanol–water partition coefficient (Wildman–Crippen LogP) is 5.72. The standard InChI is InChI=1S/C52H79FN7O10S/c1-57-49-14-8-9-15-50(49)71-52(57)42-45-17-21-58(48-13-7-6-12-47(45)48)20-11-24-60(2,3)23-10-4-5-16-51(61)54-19-26-63-29-32-65-34-36-67-38-39-68-37-35-66-33-30-64-27-22-59-43-46(55-56-59)44-70-41-40-69-31-28-62-25-18-53/h6-9,12-15,17,21,42-43H,4-5,10-11,16,18-20,22-41,44H2,1-3H3/q+1/p+1/i53-1. The lowest BCUT2D eigenvalue weighted by molar-refractivity contribution is -0.892. The number of aryl methyl sites for hydroxylation is 1. The number of carbonyl (C=O) groups excluding carboxylic acids is 1. The van der Waals surface area contributed by atoms with E-state index in [0.29, 0.717) is 132 Å². The van der Waals surface area contributed by atoms with Gasteiger partial charge in [-0.2, -0.15) is 4.57 Å². The van der Waals surface area contributed by atoms with Crippen molar-refractivity contribution in [3.63, 3.8) is 0 Å². The smallest absolute Gasteiger partial charge is 0.220 e. The van der Waals surface area contributed by atoms with Gasteiger partial charge in [-0.1, -0.05) is 41.2 Å². The minimum Gasteiger partial charge on any atom is -0.377 e. The maximum absolute atomic E-state index is 12.4. The van der Waals surface area contributed by atoms with E-state index < -0.39 is 6.67 Å². The summed E-state index contributed by atoms with van der Waals surface area (Å²) in [5.41, 5.74) is 4.49. The molecule has 0 unspecified atom stereocenters. The molecule has 71 heavy (non-hydrogen) atoms. The van der Waals surface area contributed by atoms with E-state index in [0.717, 1.165) is 55.5 Å². The van der Waals surface area contributed by atoms with Gasteiger partial charge in [0.2, 0.25) is 11.4 Å². The highest BCUT2D eigenvalue weighted by Crippen LogP contribution is 2.45. The van der Waals surface area contributed by atoms with Crippen LogP contribution >= 0.6 is 11.8 Å². The lowest BCUT2D eigenvalue weighted by Gasteiger charge is -2.29. The molecule has 0 fully saturated rings. The van der Waals surface area contributed by atoms with Gasteiger partial charge in [0.25, 0.3) is 0 Å². The molecule has 1 N–H and O–H groups in total. The third-order valence-electron chi connectivity index (χ3n) is 11.5. The molecule has 2 aromatic carbocycles. The van der Waals surface area contributed by atoms with E-state index in [2.05, 4.69) is 113 Å². The summed E-state index contributed by atoms with van der Waals surface area (Å²) in [5.74, 6) is 0.0776. The molecule has 1 amide bonds. The highest BCUT2D eigenvalue weighted by molar-refractivity contribution is 8.03. The number of para-hydroxylation sites is 2. The summed E-state index contributed by atoms with van der Waals surface area (Å²) in [4.78, 5) is 16.0. The number of anilines is 1. The number of thioether (sulfide) groups is 1. The molecule has 0 aliphatic carbocycles. The SMILES string of the molecule is CN1C(=Cc2cc[n+](CCC[N+](C)(C)CCCCCC(=O)NCCOCCOCCOCCOCCOCCOCCn3cc(COCCOCCOCC[18F])nn3)c3ccccc23)Sc2ccccc21. The highest BCUT2D eigenvalue weighted by Gasteiger charge is 2.23. The fourth-order valence-corrected chi connectivity index (χ4v) is 8.79. The van der Waals surface area contributed by atoms with Crippen molar-refractivity contribution in [2.75, 3.05) is 165 Å². The molecular weight excluding hydrogens is 933 g/mol. The van der Waals surface area contributed by atoms with Gasteiger partial charge in [0.05, 0.1) is 181 Å². The molecule has 0 saturated heterocycles. The Bertz CT molecular complexity index is 2100. The first-order valence-corrected chi connectivity index (χ1v) is 26.0. The second-order valence-corrected chi connectivity index (χ2v) is 18.7. The van der Waals surface area contributed by atoms with Crippen molar-refractivity contribution in [2.45, 2.75) is 56.7 Å². The molecule has 0 atom stereocenters. The summed E-state index contributed by atoms with van der Waals surface area (Å²) < 4.78 is 66.3. The predicted molar refractivity (Wildman–Crippen MR) is 273 cm³/mol. The minimum absolute atomic E-state index is 0.0776. The summed E-state index contributed by atoms with van der Waals surface area (Å²) >= 11 is 1.83. The van der Waals surface area contributed by atoms with Gasteiger partial charge in [-0.15, -0.1) is 5.10 Å². The van der Waals surface area contributed by atoms with Gasteiger partial charge < -0.3 is 57.3 Å². The van der Waals surface area contributed by atoms with E-state index >= 15 is 0 Å². The van der Waals surface area contributed by atoms with Gasteiger partial charge in [0.1, 0.15) is 12.4 Å². The molecule has 4 aromatic rings. The van der Waals surface area contributed by atoms with Crippen LogP contribution in [0.25, 0.3) is 17.0 Å². The van der Waals surface area contributed by atoms with Crippen LogP contribution in [0.5, 0.6) is 0 Å². The Morgan fingerprint density at radius 3 is 1.97 bits per heavy atom. The molecule has 1 aliphatic rings. The summed E-state index contributed by atoms with van der Waals surface area (Å²) in [5, 5.41) is 13.6. The number of quaternary nitrogens is 1. The van der Waals surface area contributed by atoms with Crippen LogP contribution in [0.15, 0.2) is 76.9 Å². The lowest BCUT2D eigenvalue weighted by Crippen LogP contribution is -2.44. The third kappa shape index (κ3) is 23.5. The van der Waals surface area contributed by atoms with Crippen LogP contribution < -0.4 is 14.8 Å². The number of halogens is 1. The van der Waals surface area contributed by atoms with Crippen molar-refractivity contribution in [1.29, 1.82) is 0 Å². The van der Waals surface area contributed by atoms with E-state index in [9.17, 15) is 9.18 Å². The molecule has 0 bridgehead atoms. The molecule has 19 heteroatoms. The van der Waals surface area contributed by atoms with Crippen LogP contribution in [0.2, 0.25) is 0 Å². The van der Waals surface area contributed by atoms with Gasteiger partial charge in [-0.05, 0) is 49.1 Å². The fourth-order valence-electron chi connectivity index (χ4n) is 7.69. The molecule has 17 nitrogen and oxygen atoms in total. The quantitative estimate of drug-likeness (QED) is 0.0328. The number of amides is 1. The molecule has 0 spiro atoms. The van der Waals surface area contributed by atoms with Gasteiger partial charge in [0, 0.05) is 37.0 Å². The number of aromatic nitrogens is 4. The van der Waals surface area contributed by atoms with E-state index in [1.807, 2.05) is 18.0 Å². The molecule has 3 heterocycles. The number of hydrogen-bond donors (Lipinski definition) is 1. The Balaban J connectivity index is 0.744. The van der Waals surface area contributed by atoms with Crippen LogP contribution in [0.4, 0.5) is 10.1 Å². The number of hydrogen-bond acceptors (Lipinski definition) is 14. The second-order valence-electron chi connectivity index (χ2n) is 17.6. The number of nitrogens with one attached hydrogen (secondary N) is 1. The number of benzene rings is 2. The van der Waals surface area contributed by atoms with E-state index in [1.54, 1.807) is 4.68 Å². The summed E-state index contributed by atoms with van der Waals surface area (Å²) in [6.07, 6.45) is 11.0. The zero-order valence-electron chi connectivity index (χ0n) is 42.5. The van der Waals surface area contributed by atoms with Crippen molar-refractivity contribution in [3.8, 4) is 0 Å². The molecule has 2 aromatic heterocycles. The number of fused-ring (bicyclic) bond motifs is 2. The number of unbranched alkanes of at least 4 members (excludes halogenated alkanes) is 2. The zero-order valence-corrected chi connectivity index (χ0v) is 43.3. The van der Waals surface area contributed by atoms with E-state index in [4.69, 9.17) is 42.6 Å². The van der Waals surface area contributed by atoms with Crippen molar-refractivity contribution in [1.82, 2.24) is 20.3 Å². The Hall–Kier alpha value is -4.12. The number of alkyl halides is 1. The number of ether oxygens (including phenoxy) is 9. The fraction of sp³-hybridized carbons (Fsp3) is 0.615. The molecule has 0 radical (unpaired) electrons. The first kappa shape index (κ1) is 57.8. The average Bonchev–Trinajstić information content (AvgIpc) is 3.96. The molecule has 394 valence electrons. The van der Waals surface area contributed by atoms with Gasteiger partial charge in [0.15, 0.2) is 12.7 Å². The number of pyridine rings is 1. The first-order chi connectivity index (χ1) is 34.8. The van der Waals surface area contributed by atoms with E-state index in [1.165, 1.54) is 32.1 Å². The topological polar surface area (TPSA) is 150 Å². The third-order valence-corrected chi connectivity index (χ3v) is 12.7. The number of carbonyl (C=O) groups is 1. The molecular formula is C52H80FN7O10S+2. The van der Waals surface area contributed by atoms with Crippen molar-refractivity contribution >= 4 is 40.3 Å². The minimum atomic E-state index is -0.489. The van der Waals surface area contributed by atoms with Crippen LogP contribution in [-0.2, 0) is 67.1 Å². The van der Waals surface area contributed by atoms with Gasteiger partial charge in [-0.25, -0.2) is 9.07 Å². The number of rotatable bonds is 42. The van der Waals surface area contributed by atoms with Crippen molar-refractivity contribution in [2.24, 2.45) is 0 Å². The summed E-state index contributed by atoms with van der Waals surface area (Å²) in [6, 6.07) is 19.6. The largest absolute Gasteiger partial charge is 0.377 e. The Morgan fingerprint density at radius 1 is 0.704 bits per heavy atom. The molecule has 1 aliphatic heterocycles. The first-order valence-electron chi connectivity index (χ1n) is 25.2. The Morgan fingerprint density at radius 2 is 1.30 bits per heavy atom.